The molecule has 2 N–H and O–H groups in total. The van der Waals surface area contributed by atoms with E-state index >= 15 is 0 Å². The van der Waals surface area contributed by atoms with Crippen LogP contribution in [0, 0.1) is 11.3 Å². The van der Waals surface area contributed by atoms with Gasteiger partial charge in [0.15, 0.2) is 0 Å². The normalized spacial score (nSPS) is 10.1. The molecule has 74 valence electrons. The largest absolute Gasteiger partial charge is 0.475 e. The zero-order chi connectivity index (χ0) is 11.0. The summed E-state index contributed by atoms with van der Waals surface area (Å²) >= 11 is 0. The van der Waals surface area contributed by atoms with Crippen LogP contribution in [0.1, 0.15) is 16.2 Å². The van der Waals surface area contributed by atoms with Gasteiger partial charge in [-0.05, 0) is 18.2 Å². The number of carboxylic acid groups (broad SMARTS) is 1. The second kappa shape index (κ2) is 2.99. The Balaban J connectivity index is 2.79. The van der Waals surface area contributed by atoms with Crippen molar-refractivity contribution in [3.05, 3.63) is 29.6 Å². The third-order valence-corrected chi connectivity index (χ3v) is 1.95. The van der Waals surface area contributed by atoms with Crippen LogP contribution in [0.15, 0.2) is 18.2 Å². The van der Waals surface area contributed by atoms with Gasteiger partial charge in [0.1, 0.15) is 5.52 Å². The summed E-state index contributed by atoms with van der Waals surface area (Å²) in [5, 5.41) is 26.8. The van der Waals surface area contributed by atoms with Crippen LogP contribution in [0.5, 0.6) is 0 Å². The van der Waals surface area contributed by atoms with Gasteiger partial charge in [-0.1, -0.05) is 0 Å². The summed E-state index contributed by atoms with van der Waals surface area (Å²) in [5.41, 5.74) is 0.856. The van der Waals surface area contributed by atoms with Gasteiger partial charge in [0.2, 0.25) is 0 Å². The molecule has 15 heavy (non-hydrogen) atoms. The van der Waals surface area contributed by atoms with E-state index in [1.54, 1.807) is 0 Å². The molecular weight excluding hydrogens is 198 g/mol. The highest BCUT2D eigenvalue weighted by Crippen LogP contribution is 2.16. The number of aromatic nitrogens is 2. The predicted molar refractivity (Wildman–Crippen MR) is 48.6 cm³/mol. The van der Waals surface area contributed by atoms with Crippen molar-refractivity contribution in [3.8, 4) is 6.07 Å². The first-order valence-electron chi connectivity index (χ1n) is 3.98. The van der Waals surface area contributed by atoms with Gasteiger partial charge in [0.05, 0.1) is 17.1 Å². The molecule has 6 nitrogen and oxygen atoms in total. The number of carbonyl (C=O) groups is 1. The smallest absolute Gasteiger partial charge is 0.375 e. The molecule has 0 aliphatic carbocycles. The van der Waals surface area contributed by atoms with Crippen molar-refractivity contribution in [1.82, 2.24) is 9.71 Å². The van der Waals surface area contributed by atoms with Crippen LogP contribution in [-0.2, 0) is 0 Å². The van der Waals surface area contributed by atoms with Crippen molar-refractivity contribution in [3.63, 3.8) is 0 Å². The predicted octanol–water partition coefficient (Wildman–Crippen LogP) is 0.843. The number of hydrogen-bond acceptors (Lipinski definition) is 4. The standard InChI is InChI=1S/C9H5N3O3/c10-4-5-1-2-6-7(3-5)12(15)8(11-6)9(13)14/h1-3,15H,(H,13,14). The van der Waals surface area contributed by atoms with E-state index in [4.69, 9.17) is 10.4 Å². The van der Waals surface area contributed by atoms with Crippen molar-refractivity contribution < 1.29 is 15.1 Å². The summed E-state index contributed by atoms with van der Waals surface area (Å²) in [5.74, 6) is -1.80. The van der Waals surface area contributed by atoms with Crippen LogP contribution in [-0.4, -0.2) is 26.0 Å². The molecule has 0 saturated carbocycles. The third kappa shape index (κ3) is 1.26. The Hall–Kier alpha value is -2.55. The SMILES string of the molecule is N#Cc1ccc2nc(C(=O)O)n(O)c2c1. The lowest BCUT2D eigenvalue weighted by Crippen LogP contribution is -2.06. The fourth-order valence-corrected chi connectivity index (χ4v) is 1.27. The molecule has 2 rings (SSSR count). The molecule has 1 aromatic carbocycles. The number of aromatic carboxylic acids is 1. The maximum Gasteiger partial charge on any atom is 0.375 e. The quantitative estimate of drug-likeness (QED) is 0.669. The zero-order valence-corrected chi connectivity index (χ0v) is 7.38. The first-order chi connectivity index (χ1) is 7.13. The van der Waals surface area contributed by atoms with Crippen molar-refractivity contribution >= 4 is 17.0 Å². The number of benzene rings is 1. The Bertz CT molecular complexity index is 594. The fraction of sp³-hybridized carbons (Fsp3) is 0. The number of fused-ring (bicyclic) bond motifs is 1. The monoisotopic (exact) mass is 203 g/mol. The summed E-state index contributed by atoms with van der Waals surface area (Å²) in [4.78, 5) is 14.3. The first kappa shape index (κ1) is 9.02. The molecule has 0 atom stereocenters. The van der Waals surface area contributed by atoms with Gasteiger partial charge in [-0.3, -0.25) is 0 Å². The van der Waals surface area contributed by atoms with Crippen LogP contribution in [0.3, 0.4) is 0 Å². The first-order valence-corrected chi connectivity index (χ1v) is 3.98. The molecule has 2 aromatic rings. The molecule has 0 bridgehead atoms. The fourth-order valence-electron chi connectivity index (χ4n) is 1.27. The molecule has 0 fully saturated rings. The van der Waals surface area contributed by atoms with Gasteiger partial charge in [0.25, 0.3) is 5.82 Å². The van der Waals surface area contributed by atoms with E-state index in [-0.39, 0.29) is 5.52 Å². The molecule has 0 radical (unpaired) electrons. The maximum absolute atomic E-state index is 10.6. The molecule has 0 spiro atoms. The topological polar surface area (TPSA) is 99.1 Å². The van der Waals surface area contributed by atoms with Crippen LogP contribution < -0.4 is 0 Å². The van der Waals surface area contributed by atoms with Crippen molar-refractivity contribution in [2.24, 2.45) is 0 Å². The van der Waals surface area contributed by atoms with E-state index in [0.29, 0.717) is 15.8 Å². The minimum Gasteiger partial charge on any atom is -0.475 e. The summed E-state index contributed by atoms with van der Waals surface area (Å²) < 4.78 is 0.457. The Morgan fingerprint density at radius 1 is 1.53 bits per heavy atom. The Labute approximate surface area is 83.6 Å². The highest BCUT2D eigenvalue weighted by Gasteiger charge is 2.16. The number of nitriles is 1. The molecule has 0 saturated heterocycles. The molecular formula is C9H5N3O3. The molecule has 6 heteroatoms. The Morgan fingerprint density at radius 2 is 2.27 bits per heavy atom. The van der Waals surface area contributed by atoms with E-state index in [1.165, 1.54) is 18.2 Å². The Morgan fingerprint density at radius 3 is 2.87 bits per heavy atom. The number of imidazole rings is 1. The second-order valence-corrected chi connectivity index (χ2v) is 2.87. The van der Waals surface area contributed by atoms with Crippen molar-refractivity contribution in [1.29, 1.82) is 5.26 Å². The lowest BCUT2D eigenvalue weighted by molar-refractivity contribution is 0.0639. The zero-order valence-electron chi connectivity index (χ0n) is 7.38. The molecule has 1 heterocycles. The molecule has 0 aliphatic heterocycles. The number of nitrogens with zero attached hydrogens (tertiary/aromatic N) is 3. The van der Waals surface area contributed by atoms with Gasteiger partial charge in [-0.25, -0.2) is 9.78 Å². The van der Waals surface area contributed by atoms with Gasteiger partial charge < -0.3 is 10.3 Å². The number of carboxylic acids is 1. The number of hydrogen-bond donors (Lipinski definition) is 2. The summed E-state index contributed by atoms with van der Waals surface area (Å²) in [6.07, 6.45) is 0. The summed E-state index contributed by atoms with van der Waals surface area (Å²) in [6.45, 7) is 0. The van der Waals surface area contributed by atoms with Crippen LogP contribution in [0.2, 0.25) is 0 Å². The lowest BCUT2D eigenvalue weighted by atomic mass is 10.2. The van der Waals surface area contributed by atoms with Crippen molar-refractivity contribution in [2.45, 2.75) is 0 Å². The van der Waals surface area contributed by atoms with Gasteiger partial charge >= 0.3 is 5.97 Å². The minimum atomic E-state index is -1.33. The molecule has 0 amide bonds. The lowest BCUT2D eigenvalue weighted by Gasteiger charge is -1.94. The van der Waals surface area contributed by atoms with Crippen LogP contribution in [0.4, 0.5) is 0 Å². The second-order valence-electron chi connectivity index (χ2n) is 2.87. The molecule has 1 aromatic heterocycles. The van der Waals surface area contributed by atoms with E-state index in [9.17, 15) is 10.0 Å². The van der Waals surface area contributed by atoms with Gasteiger partial charge in [-0.2, -0.15) is 9.99 Å². The third-order valence-electron chi connectivity index (χ3n) is 1.95. The van der Waals surface area contributed by atoms with Crippen molar-refractivity contribution in [2.75, 3.05) is 0 Å². The van der Waals surface area contributed by atoms with E-state index < -0.39 is 11.8 Å². The average Bonchev–Trinajstić information content (AvgIpc) is 2.56. The molecule has 0 unspecified atom stereocenters. The number of rotatable bonds is 1. The highest BCUT2D eigenvalue weighted by atomic mass is 16.5. The van der Waals surface area contributed by atoms with Gasteiger partial charge in [0, 0.05) is 0 Å². The van der Waals surface area contributed by atoms with E-state index in [1.807, 2.05) is 6.07 Å². The maximum atomic E-state index is 10.6. The Kier molecular flexibility index (Phi) is 1.80. The van der Waals surface area contributed by atoms with E-state index in [2.05, 4.69) is 4.98 Å². The van der Waals surface area contributed by atoms with E-state index in [0.717, 1.165) is 0 Å². The minimum absolute atomic E-state index is 0.200. The van der Waals surface area contributed by atoms with Crippen LogP contribution >= 0.6 is 0 Å². The van der Waals surface area contributed by atoms with Crippen LogP contribution in [0.25, 0.3) is 11.0 Å². The van der Waals surface area contributed by atoms with Gasteiger partial charge in [-0.15, -0.1) is 0 Å². The summed E-state index contributed by atoms with van der Waals surface area (Å²) in [7, 11) is 0. The highest BCUT2D eigenvalue weighted by molar-refractivity contribution is 5.89. The average molecular weight is 203 g/mol. The summed E-state index contributed by atoms with van der Waals surface area (Å²) in [6, 6.07) is 6.24. The molecule has 0 aliphatic rings.